The van der Waals surface area contributed by atoms with Crippen LogP contribution in [0.3, 0.4) is 0 Å². The molecule has 0 aliphatic carbocycles. The van der Waals surface area contributed by atoms with Crippen LogP contribution in [0.2, 0.25) is 5.02 Å². The van der Waals surface area contributed by atoms with Gasteiger partial charge in [0.2, 0.25) is 0 Å². The molecule has 14 heavy (non-hydrogen) atoms. The van der Waals surface area contributed by atoms with E-state index in [0.29, 0.717) is 5.56 Å². The van der Waals surface area contributed by atoms with Crippen LogP contribution in [0.4, 0.5) is 0 Å². The summed E-state index contributed by atoms with van der Waals surface area (Å²) in [4.78, 5) is 11.1. The summed E-state index contributed by atoms with van der Waals surface area (Å²) in [6.07, 6.45) is 0. The second-order valence-electron chi connectivity index (χ2n) is 2.71. The third-order valence-electron chi connectivity index (χ3n) is 1.79. The number of nitrogens with two attached hydrogens (primary N) is 1. The molecule has 0 bridgehead atoms. The zero-order chi connectivity index (χ0) is 10.7. The molecule has 1 rings (SSSR count). The first kappa shape index (κ1) is 10.8. The van der Waals surface area contributed by atoms with E-state index in [1.54, 1.807) is 0 Å². The number of phenolic OH excluding ortho intramolecular Hbond substituents is 1. The van der Waals surface area contributed by atoms with Gasteiger partial charge >= 0.3 is 5.97 Å². The van der Waals surface area contributed by atoms with Crippen molar-refractivity contribution in [2.75, 3.05) is 7.11 Å². The van der Waals surface area contributed by atoms with Gasteiger partial charge in [-0.05, 0) is 17.7 Å². The lowest BCUT2D eigenvalue weighted by Gasteiger charge is -2.09. The number of carbonyl (C=O) groups is 1. The molecule has 0 heterocycles. The number of halogens is 1. The number of ether oxygens (including phenoxy) is 1. The minimum atomic E-state index is -0.877. The number of carbonyl (C=O) groups excluding carboxylic acids is 1. The van der Waals surface area contributed by atoms with Gasteiger partial charge in [0.15, 0.2) is 0 Å². The lowest BCUT2D eigenvalue weighted by Crippen LogP contribution is -2.22. The molecule has 0 radical (unpaired) electrons. The molecule has 1 atom stereocenters. The summed E-state index contributed by atoms with van der Waals surface area (Å²) in [7, 11) is 1.25. The van der Waals surface area contributed by atoms with E-state index in [4.69, 9.17) is 22.4 Å². The Kier molecular flexibility index (Phi) is 3.33. The topological polar surface area (TPSA) is 72.5 Å². The standard InChI is InChI=1S/C9H10ClNO3/c1-14-9(13)8(11)5-2-3-7(12)6(10)4-5/h2-4,8,12H,11H2,1H3. The summed E-state index contributed by atoms with van der Waals surface area (Å²) in [6.45, 7) is 0. The highest BCUT2D eigenvalue weighted by atomic mass is 35.5. The van der Waals surface area contributed by atoms with Crippen molar-refractivity contribution in [3.05, 3.63) is 28.8 Å². The van der Waals surface area contributed by atoms with E-state index in [9.17, 15) is 4.79 Å². The van der Waals surface area contributed by atoms with Gasteiger partial charge in [0, 0.05) is 0 Å². The van der Waals surface area contributed by atoms with E-state index in [1.807, 2.05) is 0 Å². The van der Waals surface area contributed by atoms with Gasteiger partial charge in [-0.1, -0.05) is 17.7 Å². The van der Waals surface area contributed by atoms with Crippen LogP contribution in [0.1, 0.15) is 11.6 Å². The normalized spacial score (nSPS) is 12.2. The molecule has 76 valence electrons. The molecule has 5 heteroatoms. The molecule has 0 aliphatic rings. The van der Waals surface area contributed by atoms with Crippen LogP contribution in [0, 0.1) is 0 Å². The number of methoxy groups -OCH3 is 1. The molecule has 0 aliphatic heterocycles. The lowest BCUT2D eigenvalue weighted by atomic mass is 10.1. The van der Waals surface area contributed by atoms with Gasteiger partial charge < -0.3 is 15.6 Å². The van der Waals surface area contributed by atoms with Gasteiger partial charge in [0.05, 0.1) is 12.1 Å². The number of hydrogen-bond donors (Lipinski definition) is 2. The van der Waals surface area contributed by atoms with Crippen LogP contribution in [-0.2, 0) is 9.53 Å². The zero-order valence-electron chi connectivity index (χ0n) is 7.53. The van der Waals surface area contributed by atoms with E-state index in [0.717, 1.165) is 0 Å². The minimum absolute atomic E-state index is 0.0486. The first-order valence-electron chi connectivity index (χ1n) is 3.88. The number of rotatable bonds is 2. The minimum Gasteiger partial charge on any atom is -0.506 e. The lowest BCUT2D eigenvalue weighted by molar-refractivity contribution is -0.142. The van der Waals surface area contributed by atoms with Crippen molar-refractivity contribution < 1.29 is 14.6 Å². The maximum absolute atomic E-state index is 11.1. The Bertz CT molecular complexity index is 354. The maximum atomic E-state index is 11.1. The van der Waals surface area contributed by atoms with E-state index >= 15 is 0 Å². The summed E-state index contributed by atoms with van der Waals surface area (Å²) in [5.74, 6) is -0.598. The Morgan fingerprint density at radius 3 is 2.79 bits per heavy atom. The molecule has 0 saturated carbocycles. The average Bonchev–Trinajstić information content (AvgIpc) is 2.20. The molecule has 3 N–H and O–H groups in total. The van der Waals surface area contributed by atoms with Gasteiger partial charge in [0.1, 0.15) is 11.8 Å². The molecule has 0 aromatic heterocycles. The fourth-order valence-corrected chi connectivity index (χ4v) is 1.17. The first-order valence-corrected chi connectivity index (χ1v) is 4.26. The highest BCUT2D eigenvalue weighted by molar-refractivity contribution is 6.32. The molecule has 0 fully saturated rings. The average molecular weight is 216 g/mol. The summed E-state index contributed by atoms with van der Waals surface area (Å²) in [5, 5.41) is 9.29. The zero-order valence-corrected chi connectivity index (χ0v) is 8.28. The fraction of sp³-hybridized carbons (Fsp3) is 0.222. The van der Waals surface area contributed by atoms with Crippen molar-refractivity contribution in [3.8, 4) is 5.75 Å². The number of benzene rings is 1. The Labute approximate surface area is 86.2 Å². The Balaban J connectivity index is 2.96. The molecule has 4 nitrogen and oxygen atoms in total. The van der Waals surface area contributed by atoms with Crippen LogP contribution in [0.15, 0.2) is 18.2 Å². The van der Waals surface area contributed by atoms with Crippen molar-refractivity contribution in [2.45, 2.75) is 6.04 Å². The van der Waals surface area contributed by atoms with Gasteiger partial charge in [-0.2, -0.15) is 0 Å². The second-order valence-corrected chi connectivity index (χ2v) is 3.12. The number of phenols is 1. The highest BCUT2D eigenvalue weighted by Gasteiger charge is 2.16. The number of aromatic hydroxyl groups is 1. The van der Waals surface area contributed by atoms with Crippen LogP contribution in [0.5, 0.6) is 5.75 Å². The van der Waals surface area contributed by atoms with Gasteiger partial charge in [-0.25, -0.2) is 0 Å². The largest absolute Gasteiger partial charge is 0.506 e. The van der Waals surface area contributed by atoms with Crippen molar-refractivity contribution in [2.24, 2.45) is 5.73 Å². The SMILES string of the molecule is COC(=O)C(N)c1ccc(O)c(Cl)c1. The molecule has 1 aromatic carbocycles. The molecule has 1 aromatic rings. The molecular weight excluding hydrogens is 206 g/mol. The van der Waals surface area contributed by atoms with Crippen LogP contribution in [0.25, 0.3) is 0 Å². The smallest absolute Gasteiger partial charge is 0.327 e. The van der Waals surface area contributed by atoms with Crippen molar-refractivity contribution >= 4 is 17.6 Å². The van der Waals surface area contributed by atoms with Crippen molar-refractivity contribution in [3.63, 3.8) is 0 Å². The predicted octanol–water partition coefficient (Wildman–Crippen LogP) is 1.22. The van der Waals surface area contributed by atoms with E-state index < -0.39 is 12.0 Å². The third-order valence-corrected chi connectivity index (χ3v) is 2.09. The number of esters is 1. The van der Waals surface area contributed by atoms with Gasteiger partial charge in [0.25, 0.3) is 0 Å². The van der Waals surface area contributed by atoms with Crippen LogP contribution in [-0.4, -0.2) is 18.2 Å². The van der Waals surface area contributed by atoms with E-state index in [-0.39, 0.29) is 10.8 Å². The Morgan fingerprint density at radius 2 is 2.29 bits per heavy atom. The molecular formula is C9H10ClNO3. The molecule has 1 unspecified atom stereocenters. The van der Waals surface area contributed by atoms with Crippen molar-refractivity contribution in [1.29, 1.82) is 0 Å². The maximum Gasteiger partial charge on any atom is 0.327 e. The summed E-state index contributed by atoms with van der Waals surface area (Å²) in [5.41, 5.74) is 6.05. The number of hydrogen-bond acceptors (Lipinski definition) is 4. The van der Waals surface area contributed by atoms with Gasteiger partial charge in [-0.15, -0.1) is 0 Å². The fourth-order valence-electron chi connectivity index (χ4n) is 0.980. The Hall–Kier alpha value is -1.26. The highest BCUT2D eigenvalue weighted by Crippen LogP contribution is 2.26. The summed E-state index contributed by atoms with van der Waals surface area (Å²) >= 11 is 5.65. The van der Waals surface area contributed by atoms with Gasteiger partial charge in [-0.3, -0.25) is 4.79 Å². The monoisotopic (exact) mass is 215 g/mol. The Morgan fingerprint density at radius 1 is 1.64 bits per heavy atom. The molecule has 0 spiro atoms. The molecule has 0 saturated heterocycles. The van der Waals surface area contributed by atoms with E-state index in [2.05, 4.69) is 4.74 Å². The third kappa shape index (κ3) is 2.16. The van der Waals surface area contributed by atoms with Crippen molar-refractivity contribution in [1.82, 2.24) is 0 Å². The van der Waals surface area contributed by atoms with Crippen LogP contribution < -0.4 is 5.73 Å². The summed E-state index contributed by atoms with van der Waals surface area (Å²) < 4.78 is 4.47. The van der Waals surface area contributed by atoms with E-state index in [1.165, 1.54) is 25.3 Å². The second kappa shape index (κ2) is 4.30. The summed E-state index contributed by atoms with van der Waals surface area (Å²) in [6, 6.07) is 3.44. The quantitative estimate of drug-likeness (QED) is 0.728. The first-order chi connectivity index (χ1) is 6.56. The predicted molar refractivity (Wildman–Crippen MR) is 52.1 cm³/mol. The molecule has 0 amide bonds. The van der Waals surface area contributed by atoms with Crippen LogP contribution >= 0.6 is 11.6 Å².